The molecule has 1 N–H and O–H groups in total. The van der Waals surface area contributed by atoms with E-state index >= 15 is 0 Å². The summed E-state index contributed by atoms with van der Waals surface area (Å²) < 4.78 is 6.96. The van der Waals surface area contributed by atoms with Gasteiger partial charge in [-0.3, -0.25) is 14.9 Å². The first-order valence-corrected chi connectivity index (χ1v) is 10.1. The molecule has 1 amide bonds. The van der Waals surface area contributed by atoms with E-state index in [0.29, 0.717) is 27.9 Å². The van der Waals surface area contributed by atoms with E-state index in [4.69, 9.17) is 4.74 Å². The largest absolute Gasteiger partial charge is 0.496 e. The summed E-state index contributed by atoms with van der Waals surface area (Å²) in [6.45, 7) is 0. The second-order valence-corrected chi connectivity index (χ2v) is 7.26. The zero-order chi connectivity index (χ0) is 21.8. The first-order valence-electron chi connectivity index (χ1n) is 9.08. The molecule has 2 aromatic carbocycles. The van der Waals surface area contributed by atoms with Gasteiger partial charge in [0, 0.05) is 23.4 Å². The summed E-state index contributed by atoms with van der Waals surface area (Å²) in [6, 6.07) is 16.9. The van der Waals surface area contributed by atoms with Crippen LogP contribution in [0.4, 0.5) is 11.4 Å². The van der Waals surface area contributed by atoms with Gasteiger partial charge in [-0.1, -0.05) is 30.0 Å². The maximum Gasteiger partial charge on any atom is 0.271 e. The van der Waals surface area contributed by atoms with Crippen molar-refractivity contribution < 1.29 is 14.5 Å². The second kappa shape index (κ2) is 8.79. The SMILES string of the molecule is COc1ccccc1-c1ccc2nnc(SCC(=O)Nc3cccc([N+](=O)[O-])c3)n2n1. The number of nitrogens with one attached hydrogen (secondary N) is 1. The Kier molecular flexibility index (Phi) is 5.76. The molecule has 4 aromatic rings. The second-order valence-electron chi connectivity index (χ2n) is 6.32. The molecule has 0 aliphatic carbocycles. The van der Waals surface area contributed by atoms with Crippen molar-refractivity contribution in [3.8, 4) is 17.0 Å². The van der Waals surface area contributed by atoms with Gasteiger partial charge in [0.25, 0.3) is 5.69 Å². The van der Waals surface area contributed by atoms with Crippen LogP contribution in [0.5, 0.6) is 5.75 Å². The van der Waals surface area contributed by atoms with Gasteiger partial charge >= 0.3 is 0 Å². The summed E-state index contributed by atoms with van der Waals surface area (Å²) in [5.41, 5.74) is 2.29. The van der Waals surface area contributed by atoms with Crippen molar-refractivity contribution in [3.63, 3.8) is 0 Å². The number of rotatable bonds is 7. The van der Waals surface area contributed by atoms with Gasteiger partial charge in [-0.15, -0.1) is 10.2 Å². The van der Waals surface area contributed by atoms with E-state index < -0.39 is 4.92 Å². The smallest absolute Gasteiger partial charge is 0.271 e. The van der Waals surface area contributed by atoms with E-state index in [1.165, 1.54) is 18.2 Å². The van der Waals surface area contributed by atoms with Crippen LogP contribution in [0.15, 0.2) is 65.8 Å². The predicted molar refractivity (Wildman–Crippen MR) is 115 cm³/mol. The van der Waals surface area contributed by atoms with Gasteiger partial charge in [0.2, 0.25) is 11.1 Å². The summed E-state index contributed by atoms with van der Waals surface area (Å²) in [5.74, 6) is 0.389. The topological polar surface area (TPSA) is 125 Å². The van der Waals surface area contributed by atoms with Crippen LogP contribution in [0.2, 0.25) is 0 Å². The van der Waals surface area contributed by atoms with Crippen molar-refractivity contribution in [3.05, 3.63) is 70.8 Å². The number of hydrogen-bond acceptors (Lipinski definition) is 8. The predicted octanol–water partition coefficient (Wildman–Crippen LogP) is 3.44. The number of non-ortho nitro benzene ring substituents is 1. The zero-order valence-electron chi connectivity index (χ0n) is 16.3. The van der Waals surface area contributed by atoms with Gasteiger partial charge in [-0.2, -0.15) is 9.61 Å². The number of fused-ring (bicyclic) bond motifs is 1. The molecule has 10 nitrogen and oxygen atoms in total. The lowest BCUT2D eigenvalue weighted by Gasteiger charge is -2.08. The Morgan fingerprint density at radius 3 is 2.81 bits per heavy atom. The number of thioether (sulfide) groups is 1. The molecule has 0 unspecified atom stereocenters. The van der Waals surface area contributed by atoms with Gasteiger partial charge in [-0.25, -0.2) is 0 Å². The Morgan fingerprint density at radius 1 is 1.16 bits per heavy atom. The average Bonchev–Trinajstić information content (AvgIpc) is 3.20. The highest BCUT2D eigenvalue weighted by Crippen LogP contribution is 2.28. The maximum atomic E-state index is 12.3. The van der Waals surface area contributed by atoms with E-state index in [2.05, 4.69) is 20.6 Å². The normalized spacial score (nSPS) is 10.7. The number of methoxy groups -OCH3 is 1. The molecule has 0 atom stereocenters. The third-order valence-electron chi connectivity index (χ3n) is 4.29. The highest BCUT2D eigenvalue weighted by Gasteiger charge is 2.14. The number of nitrogens with zero attached hydrogens (tertiary/aromatic N) is 5. The zero-order valence-corrected chi connectivity index (χ0v) is 17.1. The van der Waals surface area contributed by atoms with Crippen molar-refractivity contribution in [2.24, 2.45) is 0 Å². The Bertz CT molecular complexity index is 1280. The lowest BCUT2D eigenvalue weighted by atomic mass is 10.1. The maximum absolute atomic E-state index is 12.3. The molecule has 0 aliphatic heterocycles. The summed E-state index contributed by atoms with van der Waals surface area (Å²) in [6.07, 6.45) is 0. The molecule has 31 heavy (non-hydrogen) atoms. The molecule has 0 saturated heterocycles. The molecule has 0 radical (unpaired) electrons. The van der Waals surface area contributed by atoms with Crippen LogP contribution >= 0.6 is 11.8 Å². The van der Waals surface area contributed by atoms with E-state index in [0.717, 1.165) is 17.3 Å². The number of nitro groups is 1. The first-order chi connectivity index (χ1) is 15.0. The minimum atomic E-state index is -0.516. The van der Waals surface area contributed by atoms with Crippen LogP contribution < -0.4 is 10.1 Å². The molecule has 0 spiro atoms. The highest BCUT2D eigenvalue weighted by molar-refractivity contribution is 7.99. The highest BCUT2D eigenvalue weighted by atomic mass is 32.2. The third kappa shape index (κ3) is 4.46. The Labute approximate surface area is 180 Å². The average molecular weight is 436 g/mol. The van der Waals surface area contributed by atoms with Crippen LogP contribution in [0, 0.1) is 10.1 Å². The standard InChI is InChI=1S/C20H16N6O4S/c1-30-17-8-3-2-7-15(17)16-9-10-18-22-23-20(25(18)24-16)31-12-19(27)21-13-5-4-6-14(11-13)26(28)29/h2-11H,12H2,1H3,(H,21,27). The Balaban J connectivity index is 1.50. The number of para-hydroxylation sites is 1. The Morgan fingerprint density at radius 2 is 2.00 bits per heavy atom. The first kappa shape index (κ1) is 20.3. The third-order valence-corrected chi connectivity index (χ3v) is 5.21. The van der Waals surface area contributed by atoms with E-state index in [1.807, 2.05) is 30.3 Å². The van der Waals surface area contributed by atoms with Crippen molar-refractivity contribution >= 4 is 34.7 Å². The number of hydrogen-bond donors (Lipinski definition) is 1. The van der Waals surface area contributed by atoms with E-state index in [-0.39, 0.29) is 17.3 Å². The number of anilines is 1. The number of nitro benzene ring substituents is 1. The van der Waals surface area contributed by atoms with Crippen molar-refractivity contribution in [1.82, 2.24) is 19.8 Å². The molecule has 2 aromatic heterocycles. The molecule has 156 valence electrons. The monoisotopic (exact) mass is 436 g/mol. The minimum absolute atomic E-state index is 0.0318. The fraction of sp³-hybridized carbons (Fsp3) is 0.100. The fourth-order valence-electron chi connectivity index (χ4n) is 2.88. The molecule has 0 bridgehead atoms. The molecule has 0 saturated carbocycles. The molecular weight excluding hydrogens is 420 g/mol. The Hall–Kier alpha value is -3.99. The fourth-order valence-corrected chi connectivity index (χ4v) is 3.57. The van der Waals surface area contributed by atoms with Crippen molar-refractivity contribution in [2.75, 3.05) is 18.2 Å². The summed E-state index contributed by atoms with van der Waals surface area (Å²) >= 11 is 1.16. The van der Waals surface area contributed by atoms with Crippen molar-refractivity contribution in [2.45, 2.75) is 5.16 Å². The quantitative estimate of drug-likeness (QED) is 0.265. The van der Waals surface area contributed by atoms with E-state index in [1.54, 1.807) is 23.8 Å². The lowest BCUT2D eigenvalue weighted by molar-refractivity contribution is -0.384. The number of ether oxygens (including phenoxy) is 1. The number of carbonyl (C=O) groups is 1. The molecular formula is C20H16N6O4S. The molecule has 4 rings (SSSR count). The van der Waals surface area contributed by atoms with Crippen LogP contribution in [0.25, 0.3) is 16.9 Å². The van der Waals surface area contributed by atoms with Crippen LogP contribution in [0.1, 0.15) is 0 Å². The molecule has 0 aliphatic rings. The van der Waals surface area contributed by atoms with Crippen LogP contribution in [-0.4, -0.2) is 43.5 Å². The van der Waals surface area contributed by atoms with E-state index in [9.17, 15) is 14.9 Å². The summed E-state index contributed by atoms with van der Waals surface area (Å²) in [7, 11) is 1.59. The summed E-state index contributed by atoms with van der Waals surface area (Å²) in [5, 5.41) is 26.7. The van der Waals surface area contributed by atoms with Gasteiger partial charge in [0.1, 0.15) is 5.75 Å². The molecule has 11 heteroatoms. The number of amides is 1. The molecule has 0 fully saturated rings. The van der Waals surface area contributed by atoms with Crippen molar-refractivity contribution in [1.29, 1.82) is 0 Å². The van der Waals surface area contributed by atoms with Gasteiger partial charge in [0.15, 0.2) is 5.65 Å². The minimum Gasteiger partial charge on any atom is -0.496 e. The number of carbonyl (C=O) groups excluding carboxylic acids is 1. The van der Waals surface area contributed by atoms with Gasteiger partial charge in [-0.05, 0) is 30.3 Å². The number of benzene rings is 2. The summed E-state index contributed by atoms with van der Waals surface area (Å²) in [4.78, 5) is 22.7. The van der Waals surface area contributed by atoms with Crippen LogP contribution in [-0.2, 0) is 4.79 Å². The molecule has 2 heterocycles. The van der Waals surface area contributed by atoms with Crippen LogP contribution in [0.3, 0.4) is 0 Å². The van der Waals surface area contributed by atoms with Gasteiger partial charge < -0.3 is 10.1 Å². The lowest BCUT2D eigenvalue weighted by Crippen LogP contribution is -2.14. The van der Waals surface area contributed by atoms with Gasteiger partial charge in [0.05, 0.1) is 23.5 Å². The number of aromatic nitrogens is 4.